The number of carbonyl (C=O) groups is 3. The molecule has 2 N–H and O–H groups in total. The van der Waals surface area contributed by atoms with Crippen LogP contribution < -0.4 is 5.32 Å². The Hall–Kier alpha value is -2.29. The lowest BCUT2D eigenvalue weighted by molar-refractivity contribution is -0.863. The molecule has 35 heavy (non-hydrogen) atoms. The Kier molecular flexibility index (Phi) is 5.48. The molecule has 2 amide bonds. The van der Waals surface area contributed by atoms with Gasteiger partial charge in [-0.15, -0.1) is 0 Å². The summed E-state index contributed by atoms with van der Waals surface area (Å²) in [6, 6.07) is 0. The van der Waals surface area contributed by atoms with Crippen LogP contribution >= 0.6 is 11.6 Å². The van der Waals surface area contributed by atoms with Crippen LogP contribution in [0.5, 0.6) is 0 Å². The van der Waals surface area contributed by atoms with Gasteiger partial charge in [0.1, 0.15) is 11.4 Å². The first kappa shape index (κ1) is 24.4. The number of aliphatic hydroxyl groups is 1. The van der Waals surface area contributed by atoms with E-state index < -0.39 is 29.1 Å². The Balaban J connectivity index is 1.52. The van der Waals surface area contributed by atoms with Gasteiger partial charge < -0.3 is 10.0 Å². The predicted octanol–water partition coefficient (Wildman–Crippen LogP) is 3.59. The van der Waals surface area contributed by atoms with Gasteiger partial charge in [0.15, 0.2) is 11.4 Å². The highest BCUT2D eigenvalue weighted by molar-refractivity contribution is 6.31. The van der Waals surface area contributed by atoms with Gasteiger partial charge in [-0.05, 0) is 38.0 Å². The van der Waals surface area contributed by atoms with E-state index in [9.17, 15) is 23.9 Å². The maximum Gasteiger partial charge on any atom is 0.387 e. The molecule has 0 aromatic heterocycles. The van der Waals surface area contributed by atoms with Gasteiger partial charge in [-0.3, -0.25) is 14.9 Å². The highest BCUT2D eigenvalue weighted by atomic mass is 35.5. The smallest absolute Gasteiger partial charge is 0.387 e. The third-order valence-corrected chi connectivity index (χ3v) is 9.52. The number of amides is 2. The Morgan fingerprint density at radius 3 is 2.71 bits per heavy atom. The van der Waals surface area contributed by atoms with Crippen LogP contribution in [0.2, 0.25) is 0 Å². The second-order valence-electron chi connectivity index (χ2n) is 11.0. The van der Waals surface area contributed by atoms with E-state index in [-0.39, 0.29) is 45.3 Å². The van der Waals surface area contributed by atoms with E-state index in [1.165, 1.54) is 11.0 Å². The molecule has 2 saturated heterocycles. The number of fused-ring (bicyclic) bond motifs is 5. The Bertz CT molecular complexity index is 1190. The zero-order valence-corrected chi connectivity index (χ0v) is 21.3. The Labute approximate surface area is 209 Å². The maximum absolute atomic E-state index is 13.9. The predicted molar refractivity (Wildman–Crippen MR) is 128 cm³/mol. The molecule has 0 bridgehead atoms. The van der Waals surface area contributed by atoms with Gasteiger partial charge in [-0.2, -0.15) is 0 Å². The number of carbonyl (C=O) groups excluding carboxylic acids is 3. The Morgan fingerprint density at radius 1 is 1.40 bits per heavy atom. The molecular formula is C26H32ClFN3O4+. The van der Waals surface area contributed by atoms with Crippen molar-refractivity contribution in [3.8, 4) is 0 Å². The van der Waals surface area contributed by atoms with Crippen LogP contribution in [0.4, 0.5) is 4.39 Å². The molecule has 5 unspecified atom stereocenters. The zero-order chi connectivity index (χ0) is 25.5. The number of hydrogen-bond donors (Lipinski definition) is 2. The average molecular weight is 505 g/mol. The monoisotopic (exact) mass is 504 g/mol. The molecule has 7 nitrogen and oxygen atoms in total. The quantitative estimate of drug-likeness (QED) is 0.451. The van der Waals surface area contributed by atoms with Gasteiger partial charge in [0, 0.05) is 30.5 Å². The number of nitrogens with one attached hydrogen (secondary N) is 1. The summed E-state index contributed by atoms with van der Waals surface area (Å²) in [7, 11) is 1.73. The minimum Gasteiger partial charge on any atom is -0.500 e. The first-order valence-electron chi connectivity index (χ1n) is 12.3. The summed E-state index contributed by atoms with van der Waals surface area (Å²) in [6.45, 7) is 6.21. The number of likely N-dealkylation sites (N-methyl/N-ethyl adjacent to an activating group) is 1. The number of allylic oxidation sites excluding steroid dienone is 3. The summed E-state index contributed by atoms with van der Waals surface area (Å²) >= 11 is 5.99. The molecule has 5 rings (SSSR count). The molecule has 9 heteroatoms. The number of quaternary nitrogens is 1. The minimum atomic E-state index is -0.669. The van der Waals surface area contributed by atoms with Crippen LogP contribution in [-0.2, 0) is 14.4 Å². The van der Waals surface area contributed by atoms with Crippen molar-refractivity contribution in [3.63, 3.8) is 0 Å². The summed E-state index contributed by atoms with van der Waals surface area (Å²) in [4.78, 5) is 42.2. The number of Topliss-reactive ketones (excluding diaryl/α,β-unsaturated/α-hetero) is 1. The minimum absolute atomic E-state index is 0.0238. The van der Waals surface area contributed by atoms with Gasteiger partial charge in [-0.25, -0.2) is 13.7 Å². The van der Waals surface area contributed by atoms with Crippen molar-refractivity contribution in [2.75, 3.05) is 26.7 Å². The van der Waals surface area contributed by atoms with Crippen molar-refractivity contribution in [2.45, 2.75) is 52.1 Å². The van der Waals surface area contributed by atoms with Crippen LogP contribution in [0.1, 0.15) is 46.5 Å². The van der Waals surface area contributed by atoms with E-state index in [2.05, 4.69) is 12.2 Å². The number of hydrogen-bond acceptors (Lipinski definition) is 5. The fourth-order valence-corrected chi connectivity index (χ4v) is 7.62. The summed E-state index contributed by atoms with van der Waals surface area (Å²) < 4.78 is 13.4. The molecule has 0 radical (unpaired) electrons. The normalized spacial score (nSPS) is 38.2. The standard InChI is InChI=1S/C26H31ClFN3O4/c1-5-18(28)17(27)10-14(2)13-30-9-7-16-20(23(30)34)22(33)24(35)31(4)21(16)19(32)12-29-26(31)8-6-15-11-25(15,26)3/h5,10,14-15,29H,6-9,11-13H2,1-4H3/p+1. The van der Waals surface area contributed by atoms with Gasteiger partial charge >= 0.3 is 5.91 Å². The zero-order valence-electron chi connectivity index (χ0n) is 20.6. The molecule has 2 aliphatic carbocycles. The molecule has 2 saturated carbocycles. The second-order valence-corrected chi connectivity index (χ2v) is 11.4. The van der Waals surface area contributed by atoms with Crippen molar-refractivity contribution in [3.05, 3.63) is 45.6 Å². The van der Waals surface area contributed by atoms with E-state index >= 15 is 0 Å². The molecule has 0 aromatic rings. The van der Waals surface area contributed by atoms with Crippen molar-refractivity contribution in [2.24, 2.45) is 17.3 Å². The lowest BCUT2D eigenvalue weighted by Crippen LogP contribution is -2.79. The van der Waals surface area contributed by atoms with E-state index in [0.29, 0.717) is 30.2 Å². The lowest BCUT2D eigenvalue weighted by atomic mass is 9.78. The fourth-order valence-electron chi connectivity index (χ4n) is 7.30. The van der Waals surface area contributed by atoms with E-state index in [4.69, 9.17) is 11.6 Å². The molecule has 3 aliphatic heterocycles. The molecule has 188 valence electrons. The highest BCUT2D eigenvalue weighted by Gasteiger charge is 2.80. The summed E-state index contributed by atoms with van der Waals surface area (Å²) in [6.07, 6.45) is 5.84. The van der Waals surface area contributed by atoms with E-state index in [1.54, 1.807) is 20.0 Å². The second kappa shape index (κ2) is 7.85. The largest absolute Gasteiger partial charge is 0.500 e. The van der Waals surface area contributed by atoms with Crippen LogP contribution in [0.25, 0.3) is 0 Å². The third-order valence-electron chi connectivity index (χ3n) is 9.21. The number of piperidine rings is 1. The fraction of sp³-hybridized carbons (Fsp3) is 0.577. The molecule has 3 heterocycles. The van der Waals surface area contributed by atoms with Crippen molar-refractivity contribution in [1.82, 2.24) is 10.2 Å². The number of aliphatic hydroxyl groups excluding tert-OH is 1. The first-order chi connectivity index (χ1) is 16.4. The van der Waals surface area contributed by atoms with Gasteiger partial charge in [-0.1, -0.05) is 37.6 Å². The molecule has 5 aliphatic rings. The first-order valence-corrected chi connectivity index (χ1v) is 12.7. The van der Waals surface area contributed by atoms with E-state index in [0.717, 1.165) is 19.3 Å². The number of rotatable bonds is 4. The highest BCUT2D eigenvalue weighted by Crippen LogP contribution is 2.71. The SMILES string of the molecule is CC=C(F)C(Cl)=CC(C)CN1CCC2=C3C(=O)CNC4(CCC5CC54C)[N+]3(C)C(=O)C(O)=C2C1=O. The number of halogens is 2. The van der Waals surface area contributed by atoms with E-state index in [1.807, 2.05) is 6.92 Å². The van der Waals surface area contributed by atoms with Gasteiger partial charge in [0.05, 0.1) is 18.6 Å². The summed E-state index contributed by atoms with van der Waals surface area (Å²) in [5.74, 6) is -2.17. The van der Waals surface area contributed by atoms with Gasteiger partial charge in [0.25, 0.3) is 5.91 Å². The van der Waals surface area contributed by atoms with Crippen LogP contribution in [0.3, 0.4) is 0 Å². The molecular weight excluding hydrogens is 473 g/mol. The Morgan fingerprint density at radius 2 is 2.11 bits per heavy atom. The van der Waals surface area contributed by atoms with Crippen molar-refractivity contribution < 1.29 is 28.4 Å². The summed E-state index contributed by atoms with van der Waals surface area (Å²) in [5.41, 5.74) is -0.0254. The average Bonchev–Trinajstić information content (AvgIpc) is 3.41. The third kappa shape index (κ3) is 3.06. The van der Waals surface area contributed by atoms with Crippen LogP contribution in [0, 0.1) is 17.3 Å². The number of nitrogens with zero attached hydrogens (tertiary/aromatic N) is 2. The molecule has 4 fully saturated rings. The topological polar surface area (TPSA) is 86.7 Å². The maximum atomic E-state index is 13.9. The van der Waals surface area contributed by atoms with Crippen LogP contribution in [0.15, 0.2) is 45.6 Å². The molecule has 0 aromatic carbocycles. The van der Waals surface area contributed by atoms with Crippen LogP contribution in [-0.4, -0.2) is 64.4 Å². The van der Waals surface area contributed by atoms with Crippen molar-refractivity contribution in [1.29, 1.82) is 0 Å². The number of likely N-dealkylation sites (tertiary alicyclic amines) is 1. The molecule has 5 atom stereocenters. The number of ketones is 1. The molecule has 1 spiro atoms. The summed E-state index contributed by atoms with van der Waals surface area (Å²) in [5, 5.41) is 14.6. The lowest BCUT2D eigenvalue weighted by Gasteiger charge is -2.55. The van der Waals surface area contributed by atoms with Gasteiger partial charge in [0.2, 0.25) is 11.5 Å². The van der Waals surface area contributed by atoms with Crippen molar-refractivity contribution >= 4 is 29.2 Å².